The molecule has 1 unspecified atom stereocenters. The van der Waals surface area contributed by atoms with E-state index in [1.807, 2.05) is 24.3 Å². The lowest BCUT2D eigenvalue weighted by atomic mass is 10.0. The fourth-order valence-corrected chi connectivity index (χ4v) is 3.15. The zero-order valence-corrected chi connectivity index (χ0v) is 15.2. The Morgan fingerprint density at radius 2 is 2.04 bits per heavy atom. The minimum Gasteiger partial charge on any atom is -0.497 e. The highest BCUT2D eigenvalue weighted by atomic mass is 32.1. The van der Waals surface area contributed by atoms with Gasteiger partial charge in [0.1, 0.15) is 16.5 Å². The van der Waals surface area contributed by atoms with Crippen molar-refractivity contribution in [1.82, 2.24) is 10.3 Å². The monoisotopic (exact) mass is 348 g/mol. The molecule has 0 fully saturated rings. The molecule has 1 heterocycles. The van der Waals surface area contributed by atoms with E-state index in [9.17, 15) is 4.79 Å². The molecule has 0 aliphatic carbocycles. The van der Waals surface area contributed by atoms with Crippen molar-refractivity contribution < 1.29 is 14.3 Å². The van der Waals surface area contributed by atoms with E-state index in [0.717, 1.165) is 35.6 Å². The van der Waals surface area contributed by atoms with Crippen molar-refractivity contribution in [2.45, 2.75) is 38.8 Å². The van der Waals surface area contributed by atoms with E-state index in [-0.39, 0.29) is 11.9 Å². The van der Waals surface area contributed by atoms with Crippen molar-refractivity contribution in [2.75, 3.05) is 14.2 Å². The van der Waals surface area contributed by atoms with E-state index in [2.05, 4.69) is 17.2 Å². The Labute approximate surface area is 147 Å². The lowest BCUT2D eigenvalue weighted by Gasteiger charge is -2.19. The van der Waals surface area contributed by atoms with Crippen LogP contribution in [0.3, 0.4) is 0 Å². The van der Waals surface area contributed by atoms with Gasteiger partial charge in [-0.05, 0) is 24.1 Å². The average Bonchev–Trinajstić information content (AvgIpc) is 3.07. The summed E-state index contributed by atoms with van der Waals surface area (Å²) in [7, 11) is 3.26. The van der Waals surface area contributed by atoms with Crippen LogP contribution in [0.5, 0.6) is 5.75 Å². The van der Waals surface area contributed by atoms with Gasteiger partial charge in [-0.3, -0.25) is 4.79 Å². The predicted molar refractivity (Wildman–Crippen MR) is 95.6 cm³/mol. The fourth-order valence-electron chi connectivity index (χ4n) is 2.40. The lowest BCUT2D eigenvalue weighted by Crippen LogP contribution is -2.28. The van der Waals surface area contributed by atoms with Gasteiger partial charge in [-0.2, -0.15) is 0 Å². The number of unbranched alkanes of at least 4 members (excludes halogenated alkanes) is 1. The first-order chi connectivity index (χ1) is 11.7. The molecule has 1 N–H and O–H groups in total. The van der Waals surface area contributed by atoms with Gasteiger partial charge in [-0.1, -0.05) is 31.9 Å². The smallest absolute Gasteiger partial charge is 0.271 e. The van der Waals surface area contributed by atoms with Crippen molar-refractivity contribution >= 4 is 17.2 Å². The first kappa shape index (κ1) is 18.4. The number of hydrogen-bond donors (Lipinski definition) is 1. The molecule has 130 valence electrons. The molecule has 24 heavy (non-hydrogen) atoms. The number of aromatic nitrogens is 1. The third kappa shape index (κ3) is 5.04. The first-order valence-electron chi connectivity index (χ1n) is 8.06. The number of benzene rings is 1. The van der Waals surface area contributed by atoms with Gasteiger partial charge in [0.25, 0.3) is 5.91 Å². The summed E-state index contributed by atoms with van der Waals surface area (Å²) in [6.07, 6.45) is 3.02. The van der Waals surface area contributed by atoms with Crippen LogP contribution in [0.15, 0.2) is 29.6 Å². The van der Waals surface area contributed by atoms with Gasteiger partial charge in [0, 0.05) is 12.5 Å². The number of methoxy groups -OCH3 is 2. The summed E-state index contributed by atoms with van der Waals surface area (Å²) in [6.45, 7) is 2.57. The Kier molecular flexibility index (Phi) is 7.21. The lowest BCUT2D eigenvalue weighted by molar-refractivity contribution is 0.0929. The van der Waals surface area contributed by atoms with Crippen molar-refractivity contribution in [3.63, 3.8) is 0 Å². The van der Waals surface area contributed by atoms with Gasteiger partial charge in [-0.25, -0.2) is 4.98 Å². The van der Waals surface area contributed by atoms with Crippen LogP contribution in [0.2, 0.25) is 0 Å². The Morgan fingerprint density at radius 3 is 2.67 bits per heavy atom. The molecular formula is C18H24N2O3S. The molecule has 2 rings (SSSR count). The number of carbonyl (C=O) groups excluding carboxylic acids is 1. The molecule has 1 aromatic heterocycles. The van der Waals surface area contributed by atoms with Crippen LogP contribution < -0.4 is 10.1 Å². The fraction of sp³-hybridized carbons (Fsp3) is 0.444. The largest absolute Gasteiger partial charge is 0.497 e. The van der Waals surface area contributed by atoms with Crippen molar-refractivity contribution in [3.05, 3.63) is 45.9 Å². The van der Waals surface area contributed by atoms with Crippen molar-refractivity contribution in [1.29, 1.82) is 0 Å². The Balaban J connectivity index is 2.09. The summed E-state index contributed by atoms with van der Waals surface area (Å²) >= 11 is 1.43. The van der Waals surface area contributed by atoms with Crippen molar-refractivity contribution in [2.24, 2.45) is 0 Å². The number of hydrogen-bond acceptors (Lipinski definition) is 5. The molecule has 6 heteroatoms. The second-order valence-electron chi connectivity index (χ2n) is 5.50. The van der Waals surface area contributed by atoms with E-state index in [0.29, 0.717) is 12.3 Å². The number of nitrogens with zero attached hydrogens (tertiary/aromatic N) is 1. The topological polar surface area (TPSA) is 60.5 Å². The second-order valence-corrected chi connectivity index (χ2v) is 6.44. The maximum absolute atomic E-state index is 12.5. The van der Waals surface area contributed by atoms with Gasteiger partial charge in [0.05, 0.1) is 19.8 Å². The highest BCUT2D eigenvalue weighted by Crippen LogP contribution is 2.23. The molecule has 1 amide bonds. The number of rotatable bonds is 9. The van der Waals surface area contributed by atoms with Crippen LogP contribution in [0, 0.1) is 0 Å². The molecule has 0 aliphatic rings. The van der Waals surface area contributed by atoms with Gasteiger partial charge in [0.2, 0.25) is 0 Å². The number of carbonyl (C=O) groups is 1. The number of thiazole rings is 1. The zero-order chi connectivity index (χ0) is 17.4. The normalized spacial score (nSPS) is 12.0. The highest BCUT2D eigenvalue weighted by molar-refractivity contribution is 7.09. The predicted octanol–water partition coefficient (Wildman–Crippen LogP) is 3.96. The van der Waals surface area contributed by atoms with Gasteiger partial charge >= 0.3 is 0 Å². The second kappa shape index (κ2) is 9.39. The van der Waals surface area contributed by atoms with E-state index in [1.54, 1.807) is 19.6 Å². The van der Waals surface area contributed by atoms with Crippen LogP contribution in [0.4, 0.5) is 0 Å². The standard InChI is InChI=1S/C18H24N2O3S/c1-4-5-6-15(13-7-9-14(23-3)10-8-13)20-18(21)16-12-24-17(19-16)11-22-2/h7-10,12,15H,4-6,11H2,1-3H3,(H,20,21). The average molecular weight is 348 g/mol. The molecule has 0 radical (unpaired) electrons. The van der Waals surface area contributed by atoms with Crippen molar-refractivity contribution in [3.8, 4) is 5.75 Å². The van der Waals surface area contributed by atoms with E-state index < -0.39 is 0 Å². The maximum atomic E-state index is 12.5. The van der Waals surface area contributed by atoms with E-state index >= 15 is 0 Å². The Hall–Kier alpha value is -1.92. The molecule has 5 nitrogen and oxygen atoms in total. The third-order valence-electron chi connectivity index (χ3n) is 3.72. The molecule has 2 aromatic rings. The maximum Gasteiger partial charge on any atom is 0.271 e. The summed E-state index contributed by atoms with van der Waals surface area (Å²) in [5.41, 5.74) is 1.52. The minimum atomic E-state index is -0.148. The van der Waals surface area contributed by atoms with E-state index in [4.69, 9.17) is 9.47 Å². The molecule has 1 aromatic carbocycles. The molecule has 0 saturated heterocycles. The summed E-state index contributed by atoms with van der Waals surface area (Å²) in [6, 6.07) is 7.80. The van der Waals surface area contributed by atoms with Crippen LogP contribution in [-0.2, 0) is 11.3 Å². The Morgan fingerprint density at radius 1 is 1.29 bits per heavy atom. The minimum absolute atomic E-state index is 0.0315. The van der Waals surface area contributed by atoms with Gasteiger partial charge in [0.15, 0.2) is 0 Å². The zero-order valence-electron chi connectivity index (χ0n) is 14.4. The summed E-state index contributed by atoms with van der Waals surface area (Å²) < 4.78 is 10.2. The molecular weight excluding hydrogens is 324 g/mol. The number of amides is 1. The molecule has 1 atom stereocenters. The van der Waals surface area contributed by atoms with Crippen LogP contribution >= 0.6 is 11.3 Å². The highest BCUT2D eigenvalue weighted by Gasteiger charge is 2.17. The van der Waals surface area contributed by atoms with Crippen LogP contribution in [0.25, 0.3) is 0 Å². The van der Waals surface area contributed by atoms with Crippen LogP contribution in [-0.4, -0.2) is 25.1 Å². The number of ether oxygens (including phenoxy) is 2. The first-order valence-corrected chi connectivity index (χ1v) is 8.94. The number of nitrogens with one attached hydrogen (secondary N) is 1. The molecule has 0 spiro atoms. The van der Waals surface area contributed by atoms with E-state index in [1.165, 1.54) is 11.3 Å². The summed E-state index contributed by atoms with van der Waals surface area (Å²) in [5.74, 6) is 0.661. The SMILES string of the molecule is CCCCC(NC(=O)c1csc(COC)n1)c1ccc(OC)cc1. The molecule has 0 aliphatic heterocycles. The third-order valence-corrected chi connectivity index (χ3v) is 4.54. The Bertz CT molecular complexity index is 640. The molecule has 0 bridgehead atoms. The summed E-state index contributed by atoms with van der Waals surface area (Å²) in [5, 5.41) is 5.68. The van der Waals surface area contributed by atoms with Gasteiger partial charge < -0.3 is 14.8 Å². The summed E-state index contributed by atoms with van der Waals surface area (Å²) in [4.78, 5) is 16.8. The molecule has 0 saturated carbocycles. The quantitative estimate of drug-likeness (QED) is 0.745. The van der Waals surface area contributed by atoms with Gasteiger partial charge in [-0.15, -0.1) is 11.3 Å². The van der Waals surface area contributed by atoms with Crippen LogP contribution in [0.1, 0.15) is 53.3 Å².